The number of benzene rings is 1. The Hall–Kier alpha value is -1.46. The number of rotatable bonds is 7. The summed E-state index contributed by atoms with van der Waals surface area (Å²) in [7, 11) is 0. The molecule has 1 aromatic rings. The SMILES string of the molecule is C#CCCCOc1cccc(CNC2CC2)c1. The first kappa shape index (κ1) is 12.0. The van der Waals surface area contributed by atoms with E-state index in [1.54, 1.807) is 0 Å². The van der Waals surface area contributed by atoms with Crippen molar-refractivity contribution in [3.63, 3.8) is 0 Å². The number of unbranched alkanes of at least 4 members (excludes halogenated alkanes) is 1. The zero-order valence-corrected chi connectivity index (χ0v) is 10.1. The van der Waals surface area contributed by atoms with Crippen LogP contribution in [0.2, 0.25) is 0 Å². The first-order chi connectivity index (χ1) is 8.38. The van der Waals surface area contributed by atoms with Crippen molar-refractivity contribution in [3.05, 3.63) is 29.8 Å². The lowest BCUT2D eigenvalue weighted by atomic mass is 10.2. The minimum Gasteiger partial charge on any atom is -0.494 e. The molecule has 0 atom stereocenters. The standard InChI is InChI=1S/C15H19NO/c1-2-3-4-10-17-15-7-5-6-13(11-15)12-16-14-8-9-14/h1,5-7,11,14,16H,3-4,8-10,12H2. The number of hydrogen-bond donors (Lipinski definition) is 1. The van der Waals surface area contributed by atoms with Crippen LogP contribution in [0.15, 0.2) is 24.3 Å². The Bertz CT molecular complexity index is 390. The molecular weight excluding hydrogens is 210 g/mol. The van der Waals surface area contributed by atoms with Gasteiger partial charge in [-0.25, -0.2) is 0 Å². The molecule has 90 valence electrons. The fourth-order valence-electron chi connectivity index (χ4n) is 1.66. The molecule has 0 amide bonds. The second-order valence-electron chi connectivity index (χ2n) is 4.46. The highest BCUT2D eigenvalue weighted by Crippen LogP contribution is 2.20. The molecule has 0 aromatic heterocycles. The van der Waals surface area contributed by atoms with Crippen molar-refractivity contribution in [2.45, 2.75) is 38.3 Å². The molecule has 0 saturated heterocycles. The highest BCUT2D eigenvalue weighted by Gasteiger charge is 2.19. The van der Waals surface area contributed by atoms with Crippen molar-refractivity contribution in [1.29, 1.82) is 0 Å². The summed E-state index contributed by atoms with van der Waals surface area (Å²) in [5.74, 6) is 3.56. The normalized spacial score (nSPS) is 14.3. The third kappa shape index (κ3) is 4.50. The van der Waals surface area contributed by atoms with Gasteiger partial charge in [-0.2, -0.15) is 0 Å². The predicted octanol–water partition coefficient (Wildman–Crippen LogP) is 2.73. The van der Waals surface area contributed by atoms with Gasteiger partial charge in [0.2, 0.25) is 0 Å². The van der Waals surface area contributed by atoms with Gasteiger partial charge < -0.3 is 10.1 Å². The van der Waals surface area contributed by atoms with E-state index in [1.165, 1.54) is 18.4 Å². The van der Waals surface area contributed by atoms with Gasteiger partial charge >= 0.3 is 0 Å². The van der Waals surface area contributed by atoms with Crippen molar-refractivity contribution >= 4 is 0 Å². The highest BCUT2D eigenvalue weighted by atomic mass is 16.5. The molecule has 0 radical (unpaired) electrons. The van der Waals surface area contributed by atoms with Gasteiger partial charge in [-0.3, -0.25) is 0 Å². The van der Waals surface area contributed by atoms with Crippen LogP contribution in [0.3, 0.4) is 0 Å². The van der Waals surface area contributed by atoms with Crippen LogP contribution in [-0.4, -0.2) is 12.6 Å². The van der Waals surface area contributed by atoms with Crippen molar-refractivity contribution in [2.75, 3.05) is 6.61 Å². The van der Waals surface area contributed by atoms with Crippen LogP contribution in [0.4, 0.5) is 0 Å². The summed E-state index contributed by atoms with van der Waals surface area (Å²) in [5.41, 5.74) is 1.28. The average molecular weight is 229 g/mol. The Morgan fingerprint density at radius 2 is 2.29 bits per heavy atom. The van der Waals surface area contributed by atoms with Gasteiger partial charge in [-0.05, 0) is 37.0 Å². The second kappa shape index (κ2) is 6.32. The summed E-state index contributed by atoms with van der Waals surface area (Å²) in [6, 6.07) is 9.02. The van der Waals surface area contributed by atoms with Crippen molar-refractivity contribution in [1.82, 2.24) is 5.32 Å². The summed E-state index contributed by atoms with van der Waals surface area (Å²) in [4.78, 5) is 0. The van der Waals surface area contributed by atoms with E-state index in [2.05, 4.69) is 23.4 Å². The minimum absolute atomic E-state index is 0.698. The van der Waals surface area contributed by atoms with Gasteiger partial charge in [-0.15, -0.1) is 12.3 Å². The van der Waals surface area contributed by atoms with Gasteiger partial charge in [0.25, 0.3) is 0 Å². The molecule has 1 aromatic carbocycles. The van der Waals surface area contributed by atoms with Crippen molar-refractivity contribution < 1.29 is 4.74 Å². The van der Waals surface area contributed by atoms with Crippen LogP contribution in [-0.2, 0) is 6.54 Å². The fraction of sp³-hybridized carbons (Fsp3) is 0.467. The minimum atomic E-state index is 0.698. The highest BCUT2D eigenvalue weighted by molar-refractivity contribution is 5.28. The van der Waals surface area contributed by atoms with E-state index in [1.807, 2.05) is 12.1 Å². The fourth-order valence-corrected chi connectivity index (χ4v) is 1.66. The van der Waals surface area contributed by atoms with Crippen molar-refractivity contribution in [2.24, 2.45) is 0 Å². The topological polar surface area (TPSA) is 21.3 Å². The number of hydrogen-bond acceptors (Lipinski definition) is 2. The van der Waals surface area contributed by atoms with E-state index < -0.39 is 0 Å². The van der Waals surface area contributed by atoms with Crippen LogP contribution in [0.5, 0.6) is 5.75 Å². The van der Waals surface area contributed by atoms with Gasteiger partial charge in [0.05, 0.1) is 6.61 Å². The smallest absolute Gasteiger partial charge is 0.119 e. The summed E-state index contributed by atoms with van der Waals surface area (Å²) in [6.07, 6.45) is 9.53. The molecule has 2 heteroatoms. The monoisotopic (exact) mass is 229 g/mol. The molecule has 1 N–H and O–H groups in total. The van der Waals surface area contributed by atoms with E-state index in [0.29, 0.717) is 6.61 Å². The van der Waals surface area contributed by atoms with Crippen LogP contribution in [0, 0.1) is 12.3 Å². The Kier molecular flexibility index (Phi) is 4.46. The summed E-state index contributed by atoms with van der Waals surface area (Å²) >= 11 is 0. The van der Waals surface area contributed by atoms with E-state index >= 15 is 0 Å². The zero-order chi connectivity index (χ0) is 11.9. The lowest BCUT2D eigenvalue weighted by Gasteiger charge is -2.08. The molecule has 0 heterocycles. The number of ether oxygens (including phenoxy) is 1. The third-order valence-electron chi connectivity index (χ3n) is 2.80. The summed E-state index contributed by atoms with van der Waals surface area (Å²) < 4.78 is 5.65. The van der Waals surface area contributed by atoms with Gasteiger partial charge in [0, 0.05) is 19.0 Å². The third-order valence-corrected chi connectivity index (χ3v) is 2.80. The maximum Gasteiger partial charge on any atom is 0.119 e. The van der Waals surface area contributed by atoms with E-state index in [9.17, 15) is 0 Å². The van der Waals surface area contributed by atoms with Gasteiger partial charge in [0.1, 0.15) is 5.75 Å². The first-order valence-corrected chi connectivity index (χ1v) is 6.27. The van der Waals surface area contributed by atoms with E-state index in [4.69, 9.17) is 11.2 Å². The molecule has 1 saturated carbocycles. The van der Waals surface area contributed by atoms with E-state index in [-0.39, 0.29) is 0 Å². The Balaban J connectivity index is 1.76. The quantitative estimate of drug-likeness (QED) is 0.573. The lowest BCUT2D eigenvalue weighted by Crippen LogP contribution is -2.15. The van der Waals surface area contributed by atoms with Crippen LogP contribution >= 0.6 is 0 Å². The average Bonchev–Trinajstić information content (AvgIpc) is 3.17. The van der Waals surface area contributed by atoms with Gasteiger partial charge in [-0.1, -0.05) is 12.1 Å². The number of terminal acetylenes is 1. The molecule has 2 nitrogen and oxygen atoms in total. The molecule has 0 unspecified atom stereocenters. The molecule has 2 rings (SSSR count). The molecular formula is C15H19NO. The molecule has 0 aliphatic heterocycles. The number of nitrogens with one attached hydrogen (secondary N) is 1. The second-order valence-corrected chi connectivity index (χ2v) is 4.46. The van der Waals surface area contributed by atoms with Crippen LogP contribution in [0.25, 0.3) is 0 Å². The maximum absolute atomic E-state index is 5.65. The molecule has 1 fully saturated rings. The molecule has 17 heavy (non-hydrogen) atoms. The summed E-state index contributed by atoms with van der Waals surface area (Å²) in [5, 5.41) is 3.49. The van der Waals surface area contributed by atoms with Crippen LogP contribution in [0.1, 0.15) is 31.2 Å². The molecule has 0 spiro atoms. The van der Waals surface area contributed by atoms with Crippen LogP contribution < -0.4 is 10.1 Å². The largest absolute Gasteiger partial charge is 0.494 e. The Labute approximate surface area is 103 Å². The molecule has 1 aliphatic rings. The maximum atomic E-state index is 5.65. The van der Waals surface area contributed by atoms with Crippen molar-refractivity contribution in [3.8, 4) is 18.1 Å². The van der Waals surface area contributed by atoms with E-state index in [0.717, 1.165) is 31.2 Å². The molecule has 1 aliphatic carbocycles. The molecule has 0 bridgehead atoms. The predicted molar refractivity (Wildman–Crippen MR) is 69.9 cm³/mol. The van der Waals surface area contributed by atoms with Gasteiger partial charge in [0.15, 0.2) is 0 Å². The Morgan fingerprint density at radius 1 is 1.41 bits per heavy atom. The first-order valence-electron chi connectivity index (χ1n) is 6.27. The Morgan fingerprint density at radius 3 is 3.06 bits per heavy atom. The summed E-state index contributed by atoms with van der Waals surface area (Å²) in [6.45, 7) is 1.63. The zero-order valence-electron chi connectivity index (χ0n) is 10.1. The lowest BCUT2D eigenvalue weighted by molar-refractivity contribution is 0.312.